The zero-order valence-corrected chi connectivity index (χ0v) is 12.2. The van der Waals surface area contributed by atoms with Crippen molar-refractivity contribution in [3.8, 4) is 6.07 Å². The molecule has 106 valence electrons. The number of anilines is 1. The molecule has 1 aliphatic heterocycles. The minimum atomic E-state index is -0.789. The molecule has 0 aromatic carbocycles. The Bertz CT molecular complexity index is 582. The van der Waals surface area contributed by atoms with Gasteiger partial charge in [0.2, 0.25) is 0 Å². The van der Waals surface area contributed by atoms with Crippen molar-refractivity contribution in [1.82, 2.24) is 4.98 Å². The zero-order chi connectivity index (χ0) is 14.9. The van der Waals surface area contributed by atoms with Gasteiger partial charge in [0.15, 0.2) is 0 Å². The van der Waals surface area contributed by atoms with E-state index in [1.54, 1.807) is 6.07 Å². The highest BCUT2D eigenvalue weighted by molar-refractivity contribution is 6.34. The largest absolute Gasteiger partial charge is 0.481 e. The predicted octanol–water partition coefficient (Wildman–Crippen LogP) is 2.54. The molecular formula is C14H16ClN3O2. The smallest absolute Gasteiger partial charge is 0.311 e. The van der Waals surface area contributed by atoms with E-state index in [1.807, 2.05) is 24.8 Å². The molecule has 1 N–H and O–H groups in total. The van der Waals surface area contributed by atoms with E-state index in [2.05, 4.69) is 4.98 Å². The molecule has 1 unspecified atom stereocenters. The summed E-state index contributed by atoms with van der Waals surface area (Å²) in [5, 5.41) is 18.8. The third kappa shape index (κ3) is 2.20. The van der Waals surface area contributed by atoms with Crippen LogP contribution < -0.4 is 4.90 Å². The van der Waals surface area contributed by atoms with Crippen LogP contribution in [0.4, 0.5) is 5.82 Å². The Morgan fingerprint density at radius 1 is 1.65 bits per heavy atom. The fraction of sp³-hybridized carbons (Fsp3) is 0.500. The van der Waals surface area contributed by atoms with E-state index in [-0.39, 0.29) is 5.92 Å². The van der Waals surface area contributed by atoms with Gasteiger partial charge in [-0.15, -0.1) is 0 Å². The lowest BCUT2D eigenvalue weighted by Crippen LogP contribution is -2.39. The molecule has 1 aliphatic rings. The van der Waals surface area contributed by atoms with E-state index >= 15 is 0 Å². The summed E-state index contributed by atoms with van der Waals surface area (Å²) >= 11 is 6.17. The van der Waals surface area contributed by atoms with Crippen LogP contribution in [0, 0.1) is 22.7 Å². The van der Waals surface area contributed by atoms with Crippen LogP contribution in [0.2, 0.25) is 5.02 Å². The molecule has 0 amide bonds. The maximum Gasteiger partial charge on any atom is 0.311 e. The number of rotatable bonds is 3. The lowest BCUT2D eigenvalue weighted by molar-refractivity contribution is -0.150. The number of carboxylic acid groups (broad SMARTS) is 1. The Kier molecular flexibility index (Phi) is 3.87. The van der Waals surface area contributed by atoms with Crippen molar-refractivity contribution in [3.63, 3.8) is 0 Å². The molecule has 5 nitrogen and oxygen atoms in total. The fourth-order valence-electron chi connectivity index (χ4n) is 2.65. The van der Waals surface area contributed by atoms with E-state index in [0.717, 1.165) is 0 Å². The second-order valence-electron chi connectivity index (χ2n) is 5.40. The topological polar surface area (TPSA) is 77.2 Å². The Hall–Kier alpha value is -1.80. The molecule has 0 radical (unpaired) electrons. The van der Waals surface area contributed by atoms with E-state index in [0.29, 0.717) is 35.9 Å². The van der Waals surface area contributed by atoms with Crippen LogP contribution in [0.15, 0.2) is 12.3 Å². The minimum absolute atomic E-state index is 0.0166. The highest BCUT2D eigenvalue weighted by atomic mass is 35.5. The Balaban J connectivity index is 2.35. The van der Waals surface area contributed by atoms with Gasteiger partial charge in [-0.25, -0.2) is 4.98 Å². The summed E-state index contributed by atoms with van der Waals surface area (Å²) in [6.45, 7) is 4.77. The summed E-state index contributed by atoms with van der Waals surface area (Å²) in [6.07, 6.45) is 2.07. The first kappa shape index (κ1) is 14.6. The van der Waals surface area contributed by atoms with Gasteiger partial charge in [0.25, 0.3) is 0 Å². The molecule has 0 bridgehead atoms. The van der Waals surface area contributed by atoms with Crippen LogP contribution in [-0.4, -0.2) is 29.1 Å². The number of hydrogen-bond donors (Lipinski definition) is 1. The third-order valence-corrected chi connectivity index (χ3v) is 4.50. The highest BCUT2D eigenvalue weighted by Gasteiger charge is 2.48. The van der Waals surface area contributed by atoms with Crippen molar-refractivity contribution < 1.29 is 9.90 Å². The summed E-state index contributed by atoms with van der Waals surface area (Å²) in [5.41, 5.74) is -0.428. The molecule has 1 saturated heterocycles. The van der Waals surface area contributed by atoms with Gasteiger partial charge in [-0.05, 0) is 18.4 Å². The maximum absolute atomic E-state index is 11.6. The van der Waals surface area contributed by atoms with Crippen LogP contribution in [-0.2, 0) is 4.79 Å². The zero-order valence-electron chi connectivity index (χ0n) is 11.4. The van der Waals surface area contributed by atoms with E-state index < -0.39 is 11.4 Å². The number of aliphatic carboxylic acids is 1. The lowest BCUT2D eigenvalue weighted by Gasteiger charge is -2.29. The normalized spacial score (nSPS) is 22.1. The molecular weight excluding hydrogens is 278 g/mol. The van der Waals surface area contributed by atoms with E-state index in [9.17, 15) is 9.90 Å². The number of aromatic nitrogens is 1. The Labute approximate surface area is 122 Å². The van der Waals surface area contributed by atoms with Gasteiger partial charge in [-0.1, -0.05) is 25.4 Å². The quantitative estimate of drug-likeness (QED) is 0.926. The first-order chi connectivity index (χ1) is 9.42. The van der Waals surface area contributed by atoms with Gasteiger partial charge in [-0.2, -0.15) is 5.26 Å². The van der Waals surface area contributed by atoms with E-state index in [4.69, 9.17) is 16.9 Å². The monoisotopic (exact) mass is 293 g/mol. The second-order valence-corrected chi connectivity index (χ2v) is 5.77. The summed E-state index contributed by atoms with van der Waals surface area (Å²) in [6, 6.07) is 3.56. The average molecular weight is 294 g/mol. The summed E-state index contributed by atoms with van der Waals surface area (Å²) in [7, 11) is 0. The number of nitriles is 1. The number of nitrogens with zero attached hydrogens (tertiary/aromatic N) is 3. The number of halogens is 1. The van der Waals surface area contributed by atoms with Gasteiger partial charge in [-0.3, -0.25) is 4.79 Å². The molecule has 2 rings (SSSR count). The van der Waals surface area contributed by atoms with Crippen LogP contribution >= 0.6 is 11.6 Å². The van der Waals surface area contributed by atoms with Gasteiger partial charge in [0.05, 0.1) is 11.0 Å². The summed E-state index contributed by atoms with van der Waals surface area (Å²) in [4.78, 5) is 17.7. The van der Waals surface area contributed by atoms with Crippen LogP contribution in [0.5, 0.6) is 0 Å². The van der Waals surface area contributed by atoms with Gasteiger partial charge in [0, 0.05) is 19.3 Å². The van der Waals surface area contributed by atoms with Crippen molar-refractivity contribution in [3.05, 3.63) is 22.8 Å². The molecule has 0 aliphatic carbocycles. The maximum atomic E-state index is 11.6. The molecule has 1 fully saturated rings. The summed E-state index contributed by atoms with van der Waals surface area (Å²) in [5.74, 6) is -0.278. The van der Waals surface area contributed by atoms with Crippen molar-refractivity contribution in [1.29, 1.82) is 5.26 Å². The first-order valence-electron chi connectivity index (χ1n) is 6.45. The molecule has 6 heteroatoms. The second kappa shape index (κ2) is 5.29. The van der Waals surface area contributed by atoms with Crippen LogP contribution in [0.25, 0.3) is 0 Å². The highest BCUT2D eigenvalue weighted by Crippen LogP contribution is 2.41. The number of carboxylic acids is 1. The van der Waals surface area contributed by atoms with Crippen molar-refractivity contribution in [2.75, 3.05) is 18.0 Å². The number of hydrogen-bond acceptors (Lipinski definition) is 4. The molecule has 0 saturated carbocycles. The Morgan fingerprint density at radius 3 is 2.85 bits per heavy atom. The fourth-order valence-corrected chi connectivity index (χ4v) is 2.92. The lowest BCUT2D eigenvalue weighted by atomic mass is 9.76. The summed E-state index contributed by atoms with van der Waals surface area (Å²) < 4.78 is 0. The Morgan fingerprint density at radius 2 is 2.35 bits per heavy atom. The van der Waals surface area contributed by atoms with Gasteiger partial charge >= 0.3 is 5.97 Å². The van der Waals surface area contributed by atoms with Crippen molar-refractivity contribution in [2.24, 2.45) is 11.3 Å². The molecule has 0 spiro atoms. The first-order valence-corrected chi connectivity index (χ1v) is 6.83. The van der Waals surface area contributed by atoms with Gasteiger partial charge < -0.3 is 10.0 Å². The van der Waals surface area contributed by atoms with Crippen molar-refractivity contribution in [2.45, 2.75) is 20.3 Å². The average Bonchev–Trinajstić information content (AvgIpc) is 2.85. The molecule has 1 aromatic rings. The van der Waals surface area contributed by atoms with Crippen LogP contribution in [0.3, 0.4) is 0 Å². The number of carbonyl (C=O) groups is 1. The standard InChI is InChI=1S/C14H16ClN3O2/c1-9(2)14(13(19)20)4-6-18(8-14)12-11(15)10(7-16)3-5-17-12/h3,5,9H,4,6,8H2,1-2H3,(H,19,20). The SMILES string of the molecule is CC(C)C1(C(=O)O)CCN(c2nccc(C#N)c2Cl)C1. The molecule has 1 atom stereocenters. The molecule has 1 aromatic heterocycles. The van der Waals surface area contributed by atoms with E-state index in [1.165, 1.54) is 6.20 Å². The number of pyridine rings is 1. The van der Waals surface area contributed by atoms with Crippen LogP contribution in [0.1, 0.15) is 25.8 Å². The predicted molar refractivity (Wildman–Crippen MR) is 75.7 cm³/mol. The third-order valence-electron chi connectivity index (χ3n) is 4.12. The minimum Gasteiger partial charge on any atom is -0.481 e. The molecule has 20 heavy (non-hydrogen) atoms. The molecule has 2 heterocycles. The van der Waals surface area contributed by atoms with Crippen molar-refractivity contribution >= 4 is 23.4 Å². The van der Waals surface area contributed by atoms with Gasteiger partial charge in [0.1, 0.15) is 16.9 Å².